The van der Waals surface area contributed by atoms with Gasteiger partial charge in [-0.05, 0) is 53.6 Å². The molecule has 0 saturated carbocycles. The molecule has 0 atom stereocenters. The Morgan fingerprint density at radius 3 is 2.23 bits per heavy atom. The summed E-state index contributed by atoms with van der Waals surface area (Å²) in [5, 5.41) is 3.56. The van der Waals surface area contributed by atoms with Gasteiger partial charge in [-0.2, -0.15) is 0 Å². The molecule has 30 heavy (non-hydrogen) atoms. The Labute approximate surface area is 179 Å². The van der Waals surface area contributed by atoms with Crippen LogP contribution in [0.1, 0.15) is 0 Å². The van der Waals surface area contributed by atoms with Gasteiger partial charge in [-0.1, -0.05) is 54.1 Å². The number of anilines is 1. The van der Waals surface area contributed by atoms with Gasteiger partial charge in [0.1, 0.15) is 5.75 Å². The Bertz CT molecular complexity index is 1240. The van der Waals surface area contributed by atoms with Crippen molar-refractivity contribution in [3.63, 3.8) is 0 Å². The molecule has 146 valence electrons. The number of benzene rings is 3. The molecule has 1 amide bonds. The lowest BCUT2D eigenvalue weighted by molar-refractivity contribution is -0.118. The van der Waals surface area contributed by atoms with Crippen molar-refractivity contribution in [3.05, 3.63) is 90.0 Å². The molecule has 2 heterocycles. The molecule has 0 radical (unpaired) electrons. The maximum absolute atomic E-state index is 11.7. The number of ether oxygens (including phenoxy) is 1. The summed E-state index contributed by atoms with van der Waals surface area (Å²) in [6.07, 6.45) is 0. The molecular weight excluding hydrogens is 396 g/mol. The second-order valence-electron chi connectivity index (χ2n) is 7.05. The van der Waals surface area contributed by atoms with Crippen LogP contribution in [0.15, 0.2) is 84.9 Å². The van der Waals surface area contributed by atoms with Crippen LogP contribution in [0.3, 0.4) is 0 Å². The van der Waals surface area contributed by atoms with Gasteiger partial charge >= 0.3 is 0 Å². The van der Waals surface area contributed by atoms with Crippen molar-refractivity contribution in [2.24, 2.45) is 0 Å². The molecule has 1 aliphatic heterocycles. The molecule has 0 unspecified atom stereocenters. The van der Waals surface area contributed by atoms with Crippen LogP contribution in [0.25, 0.3) is 33.6 Å². The second-order valence-corrected chi connectivity index (χ2v) is 7.48. The fourth-order valence-corrected chi connectivity index (χ4v) is 3.61. The first-order valence-electron chi connectivity index (χ1n) is 9.56. The number of nitrogens with zero attached hydrogens (tertiary/aromatic N) is 1. The first kappa shape index (κ1) is 18.4. The predicted octanol–water partition coefficient (Wildman–Crippen LogP) is 6.07. The van der Waals surface area contributed by atoms with Gasteiger partial charge in [0.25, 0.3) is 5.91 Å². The molecule has 1 N–H and O–H groups in total. The van der Waals surface area contributed by atoms with E-state index in [1.807, 2.05) is 78.9 Å². The van der Waals surface area contributed by atoms with Crippen molar-refractivity contribution in [3.8, 4) is 39.4 Å². The highest BCUT2D eigenvalue weighted by molar-refractivity contribution is 6.30. The van der Waals surface area contributed by atoms with Gasteiger partial charge in [0.05, 0.1) is 17.1 Å². The van der Waals surface area contributed by atoms with Crippen LogP contribution in [0.4, 0.5) is 5.69 Å². The number of carbonyl (C=O) groups excluding carboxylic acids is 1. The molecule has 0 fully saturated rings. The number of pyridine rings is 1. The van der Waals surface area contributed by atoms with Gasteiger partial charge in [0, 0.05) is 16.1 Å². The maximum Gasteiger partial charge on any atom is 0.262 e. The van der Waals surface area contributed by atoms with Gasteiger partial charge in [-0.15, -0.1) is 0 Å². The van der Waals surface area contributed by atoms with Gasteiger partial charge < -0.3 is 10.1 Å². The first-order valence-corrected chi connectivity index (χ1v) is 9.94. The Kier molecular flexibility index (Phi) is 4.69. The fraction of sp³-hybridized carbons (Fsp3) is 0.0400. The van der Waals surface area contributed by atoms with Crippen molar-refractivity contribution in [2.75, 3.05) is 11.9 Å². The first-order chi connectivity index (χ1) is 14.7. The molecule has 1 aliphatic rings. The van der Waals surface area contributed by atoms with Crippen LogP contribution in [0, 0.1) is 0 Å². The molecule has 0 saturated heterocycles. The van der Waals surface area contributed by atoms with Crippen LogP contribution >= 0.6 is 11.6 Å². The fourth-order valence-electron chi connectivity index (χ4n) is 3.49. The Morgan fingerprint density at radius 1 is 0.767 bits per heavy atom. The number of halogens is 1. The molecule has 5 rings (SSSR count). The molecule has 0 bridgehead atoms. The molecular formula is C25H17ClN2O2. The summed E-state index contributed by atoms with van der Waals surface area (Å²) < 4.78 is 5.48. The number of amides is 1. The van der Waals surface area contributed by atoms with E-state index in [0.29, 0.717) is 16.5 Å². The summed E-state index contributed by atoms with van der Waals surface area (Å²) in [4.78, 5) is 16.6. The van der Waals surface area contributed by atoms with E-state index in [1.54, 1.807) is 0 Å². The zero-order valence-electron chi connectivity index (χ0n) is 15.9. The van der Waals surface area contributed by atoms with Gasteiger partial charge in [0.15, 0.2) is 6.61 Å². The summed E-state index contributed by atoms with van der Waals surface area (Å²) in [7, 11) is 0. The largest absolute Gasteiger partial charge is 0.482 e. The van der Waals surface area contributed by atoms with E-state index < -0.39 is 0 Å². The van der Waals surface area contributed by atoms with Gasteiger partial charge in [-0.3, -0.25) is 4.79 Å². The van der Waals surface area contributed by atoms with E-state index in [4.69, 9.17) is 21.3 Å². The summed E-state index contributed by atoms with van der Waals surface area (Å²) in [5.41, 5.74) is 6.35. The van der Waals surface area contributed by atoms with Crippen LogP contribution in [0.2, 0.25) is 5.02 Å². The summed E-state index contributed by atoms with van der Waals surface area (Å²) >= 11 is 6.07. The number of nitrogens with one attached hydrogen (secondary N) is 1. The average Bonchev–Trinajstić information content (AvgIpc) is 2.79. The number of rotatable bonds is 3. The minimum absolute atomic E-state index is 0.0365. The Balaban J connectivity index is 1.66. The van der Waals surface area contributed by atoms with Crippen LogP contribution in [0.5, 0.6) is 5.75 Å². The number of hydrogen-bond acceptors (Lipinski definition) is 3. The standard InChI is InChI=1S/C25H17ClN2O2/c26-20-9-6-16(7-10-20)19-13-21(17-4-2-1-3-5-17)27-22(14-19)18-8-11-24-23(12-18)28-25(29)15-30-24/h1-14H,15H2,(H,28,29). The van der Waals surface area contributed by atoms with Crippen molar-refractivity contribution in [2.45, 2.75) is 0 Å². The number of carbonyl (C=O) groups is 1. The summed E-state index contributed by atoms with van der Waals surface area (Å²) in [6, 6.07) is 27.7. The van der Waals surface area contributed by atoms with Gasteiger partial charge in [-0.25, -0.2) is 4.98 Å². The monoisotopic (exact) mass is 412 g/mol. The van der Waals surface area contributed by atoms with E-state index in [2.05, 4.69) is 11.4 Å². The van der Waals surface area contributed by atoms with E-state index in [1.165, 1.54) is 0 Å². The third-order valence-electron chi connectivity index (χ3n) is 4.98. The molecule has 3 aromatic carbocycles. The average molecular weight is 413 g/mol. The third kappa shape index (κ3) is 3.65. The van der Waals surface area contributed by atoms with E-state index >= 15 is 0 Å². The maximum atomic E-state index is 11.7. The topological polar surface area (TPSA) is 51.2 Å². The lowest BCUT2D eigenvalue weighted by atomic mass is 9.99. The lowest BCUT2D eigenvalue weighted by Gasteiger charge is -2.18. The molecule has 0 spiro atoms. The zero-order chi connectivity index (χ0) is 20.5. The van der Waals surface area contributed by atoms with Crippen molar-refractivity contribution in [1.82, 2.24) is 4.98 Å². The lowest BCUT2D eigenvalue weighted by Crippen LogP contribution is -2.25. The summed E-state index contributed by atoms with van der Waals surface area (Å²) in [5.74, 6) is 0.503. The van der Waals surface area contributed by atoms with Gasteiger partial charge in [0.2, 0.25) is 0 Å². The molecule has 4 nitrogen and oxygen atoms in total. The number of fused-ring (bicyclic) bond motifs is 1. The van der Waals surface area contributed by atoms with E-state index in [-0.39, 0.29) is 12.5 Å². The number of hydrogen-bond donors (Lipinski definition) is 1. The smallest absolute Gasteiger partial charge is 0.262 e. The van der Waals surface area contributed by atoms with E-state index in [0.717, 1.165) is 33.6 Å². The van der Waals surface area contributed by atoms with E-state index in [9.17, 15) is 4.79 Å². The minimum atomic E-state index is -0.160. The van der Waals surface area contributed by atoms with Crippen LogP contribution in [-0.2, 0) is 4.79 Å². The molecule has 0 aliphatic carbocycles. The Hall–Kier alpha value is -3.63. The van der Waals surface area contributed by atoms with Crippen molar-refractivity contribution >= 4 is 23.2 Å². The second kappa shape index (κ2) is 7.65. The SMILES string of the molecule is O=C1COc2ccc(-c3cc(-c4ccc(Cl)cc4)cc(-c4ccccc4)n3)cc2N1. The van der Waals surface area contributed by atoms with Crippen molar-refractivity contribution < 1.29 is 9.53 Å². The van der Waals surface area contributed by atoms with Crippen molar-refractivity contribution in [1.29, 1.82) is 0 Å². The summed E-state index contributed by atoms with van der Waals surface area (Å²) in [6.45, 7) is 0.0365. The highest BCUT2D eigenvalue weighted by Crippen LogP contribution is 2.35. The predicted molar refractivity (Wildman–Crippen MR) is 120 cm³/mol. The zero-order valence-corrected chi connectivity index (χ0v) is 16.7. The number of aromatic nitrogens is 1. The molecule has 5 heteroatoms. The molecule has 1 aromatic heterocycles. The highest BCUT2D eigenvalue weighted by atomic mass is 35.5. The highest BCUT2D eigenvalue weighted by Gasteiger charge is 2.17. The minimum Gasteiger partial charge on any atom is -0.482 e. The van der Waals surface area contributed by atoms with Crippen LogP contribution in [-0.4, -0.2) is 17.5 Å². The molecule has 4 aromatic rings. The Morgan fingerprint density at radius 2 is 1.47 bits per heavy atom. The quantitative estimate of drug-likeness (QED) is 0.444. The third-order valence-corrected chi connectivity index (χ3v) is 5.23. The normalized spacial score (nSPS) is 12.6. The van der Waals surface area contributed by atoms with Crippen LogP contribution < -0.4 is 10.1 Å².